The van der Waals surface area contributed by atoms with E-state index in [0.717, 1.165) is 32.4 Å². The predicted octanol–water partition coefficient (Wildman–Crippen LogP) is -0.0213. The molecule has 19 heavy (non-hydrogen) atoms. The summed E-state index contributed by atoms with van der Waals surface area (Å²) in [7, 11) is 0. The number of nitrogens with zero attached hydrogens (tertiary/aromatic N) is 2. The van der Waals surface area contributed by atoms with Crippen LogP contribution in [-0.2, 0) is 11.3 Å². The van der Waals surface area contributed by atoms with Gasteiger partial charge in [-0.1, -0.05) is 6.92 Å². The van der Waals surface area contributed by atoms with E-state index in [1.54, 1.807) is 0 Å². The molecule has 0 saturated carbocycles. The molecule has 1 aromatic heterocycles. The van der Waals surface area contributed by atoms with Crippen LogP contribution in [0.4, 0.5) is 0 Å². The molecule has 1 aromatic rings. The minimum atomic E-state index is -0.281. The van der Waals surface area contributed by atoms with E-state index in [0.29, 0.717) is 24.8 Å². The van der Waals surface area contributed by atoms with E-state index in [1.165, 1.54) is 0 Å². The van der Waals surface area contributed by atoms with Crippen molar-refractivity contribution < 1.29 is 4.79 Å². The summed E-state index contributed by atoms with van der Waals surface area (Å²) < 4.78 is 0. The molecule has 0 aromatic carbocycles. The van der Waals surface area contributed by atoms with Gasteiger partial charge in [0, 0.05) is 25.6 Å². The fourth-order valence-electron chi connectivity index (χ4n) is 2.33. The van der Waals surface area contributed by atoms with Crippen LogP contribution in [0.5, 0.6) is 0 Å². The van der Waals surface area contributed by atoms with Crippen LogP contribution in [0, 0.1) is 0 Å². The molecule has 7 nitrogen and oxygen atoms in total. The second-order valence-corrected chi connectivity index (χ2v) is 4.91. The first-order valence-electron chi connectivity index (χ1n) is 6.83. The van der Waals surface area contributed by atoms with E-state index in [4.69, 9.17) is 0 Å². The lowest BCUT2D eigenvalue weighted by Gasteiger charge is -2.32. The highest BCUT2D eigenvalue weighted by molar-refractivity contribution is 5.76. The van der Waals surface area contributed by atoms with E-state index < -0.39 is 0 Å². The molecule has 1 fully saturated rings. The standard InChI is InChI=1S/C12H21N5O2/c1-2-3-11(18)17-6-4-9(5-7-17)13-8-10-14-12(19)16-15-10/h9,13H,2-8H2,1H3,(H2,14,15,16,19). The average Bonchev–Trinajstić information content (AvgIpc) is 2.83. The molecule has 2 rings (SSSR count). The van der Waals surface area contributed by atoms with Gasteiger partial charge in [-0.2, -0.15) is 5.10 Å². The molecule has 7 heteroatoms. The summed E-state index contributed by atoms with van der Waals surface area (Å²) in [4.78, 5) is 27.2. The minimum Gasteiger partial charge on any atom is -0.343 e. The summed E-state index contributed by atoms with van der Waals surface area (Å²) in [5.41, 5.74) is -0.281. The number of likely N-dealkylation sites (tertiary alicyclic amines) is 1. The zero-order valence-corrected chi connectivity index (χ0v) is 11.2. The molecule has 0 aliphatic carbocycles. The van der Waals surface area contributed by atoms with Crippen molar-refractivity contribution in [2.24, 2.45) is 0 Å². The van der Waals surface area contributed by atoms with Crippen molar-refractivity contribution in [1.82, 2.24) is 25.4 Å². The first kappa shape index (κ1) is 13.8. The first-order valence-corrected chi connectivity index (χ1v) is 6.83. The molecule has 0 spiro atoms. The predicted molar refractivity (Wildman–Crippen MR) is 70.6 cm³/mol. The van der Waals surface area contributed by atoms with Gasteiger partial charge in [-0.05, 0) is 19.3 Å². The normalized spacial score (nSPS) is 16.8. The van der Waals surface area contributed by atoms with Gasteiger partial charge in [0.2, 0.25) is 5.91 Å². The number of aromatic nitrogens is 3. The summed E-state index contributed by atoms with van der Waals surface area (Å²) in [6.07, 6.45) is 3.45. The third-order valence-corrected chi connectivity index (χ3v) is 3.42. The summed E-state index contributed by atoms with van der Waals surface area (Å²) in [5, 5.41) is 9.54. The van der Waals surface area contributed by atoms with E-state index in [9.17, 15) is 9.59 Å². The first-order chi connectivity index (χ1) is 9.19. The Bertz CT molecular complexity index is 459. The Morgan fingerprint density at radius 3 is 2.79 bits per heavy atom. The molecule has 1 aliphatic rings. The van der Waals surface area contributed by atoms with Crippen LogP contribution in [0.2, 0.25) is 0 Å². The van der Waals surface area contributed by atoms with Crippen LogP contribution in [0.3, 0.4) is 0 Å². The molecule has 1 saturated heterocycles. The zero-order chi connectivity index (χ0) is 13.7. The number of carbonyl (C=O) groups is 1. The van der Waals surface area contributed by atoms with E-state index in [1.807, 2.05) is 11.8 Å². The smallest absolute Gasteiger partial charge is 0.340 e. The average molecular weight is 267 g/mol. The largest absolute Gasteiger partial charge is 0.343 e. The van der Waals surface area contributed by atoms with Gasteiger partial charge in [0.05, 0.1) is 6.54 Å². The maximum absolute atomic E-state index is 11.7. The zero-order valence-electron chi connectivity index (χ0n) is 11.2. The highest BCUT2D eigenvalue weighted by atomic mass is 16.2. The van der Waals surface area contributed by atoms with Gasteiger partial charge in [0.25, 0.3) is 0 Å². The van der Waals surface area contributed by atoms with Crippen LogP contribution in [-0.4, -0.2) is 45.1 Å². The Morgan fingerprint density at radius 1 is 1.47 bits per heavy atom. The van der Waals surface area contributed by atoms with Crippen LogP contribution in [0.25, 0.3) is 0 Å². The summed E-state index contributed by atoms with van der Waals surface area (Å²) >= 11 is 0. The molecule has 0 radical (unpaired) electrons. The molecule has 106 valence electrons. The third kappa shape index (κ3) is 3.92. The number of hydrogen-bond acceptors (Lipinski definition) is 4. The van der Waals surface area contributed by atoms with Gasteiger partial charge in [0.15, 0.2) is 0 Å². The van der Waals surface area contributed by atoms with Crippen LogP contribution in [0.1, 0.15) is 38.4 Å². The topological polar surface area (TPSA) is 93.9 Å². The fourth-order valence-corrected chi connectivity index (χ4v) is 2.33. The highest BCUT2D eigenvalue weighted by Crippen LogP contribution is 2.12. The lowest BCUT2D eigenvalue weighted by molar-refractivity contribution is -0.132. The van der Waals surface area contributed by atoms with E-state index in [-0.39, 0.29) is 11.6 Å². The molecule has 1 aliphatic heterocycles. The Kier molecular flexibility index (Phi) is 4.73. The lowest BCUT2D eigenvalue weighted by Crippen LogP contribution is -2.44. The molecular formula is C12H21N5O2. The van der Waals surface area contributed by atoms with E-state index >= 15 is 0 Å². The summed E-state index contributed by atoms with van der Waals surface area (Å²) in [6.45, 7) is 4.20. The molecule has 0 atom stereocenters. The monoisotopic (exact) mass is 267 g/mol. The number of rotatable bonds is 5. The van der Waals surface area contributed by atoms with Crippen LogP contribution < -0.4 is 11.0 Å². The Balaban J connectivity index is 1.71. The summed E-state index contributed by atoms with van der Waals surface area (Å²) in [5.74, 6) is 0.882. The van der Waals surface area contributed by atoms with Crippen molar-refractivity contribution in [2.75, 3.05) is 13.1 Å². The quantitative estimate of drug-likeness (QED) is 0.699. The van der Waals surface area contributed by atoms with Crippen molar-refractivity contribution >= 4 is 5.91 Å². The van der Waals surface area contributed by atoms with Gasteiger partial charge in [-0.3, -0.25) is 9.78 Å². The van der Waals surface area contributed by atoms with Gasteiger partial charge in [0.1, 0.15) is 5.82 Å². The lowest BCUT2D eigenvalue weighted by atomic mass is 10.0. The van der Waals surface area contributed by atoms with Gasteiger partial charge >= 0.3 is 5.69 Å². The molecular weight excluding hydrogens is 246 g/mol. The number of amides is 1. The number of hydrogen-bond donors (Lipinski definition) is 3. The van der Waals surface area contributed by atoms with Crippen molar-refractivity contribution in [2.45, 2.75) is 45.2 Å². The minimum absolute atomic E-state index is 0.262. The number of piperidine rings is 1. The van der Waals surface area contributed by atoms with Crippen LogP contribution in [0.15, 0.2) is 4.79 Å². The Labute approximate surface area is 111 Å². The molecule has 0 bridgehead atoms. The molecule has 1 amide bonds. The Hall–Kier alpha value is -1.63. The highest BCUT2D eigenvalue weighted by Gasteiger charge is 2.21. The number of H-pyrrole nitrogens is 2. The molecule has 2 heterocycles. The summed E-state index contributed by atoms with van der Waals surface area (Å²) in [6, 6.07) is 0.380. The van der Waals surface area contributed by atoms with Crippen molar-refractivity contribution in [3.05, 3.63) is 16.3 Å². The van der Waals surface area contributed by atoms with Gasteiger partial charge in [-0.15, -0.1) is 0 Å². The van der Waals surface area contributed by atoms with E-state index in [2.05, 4.69) is 20.5 Å². The van der Waals surface area contributed by atoms with Crippen LogP contribution >= 0.6 is 0 Å². The van der Waals surface area contributed by atoms with Gasteiger partial charge in [-0.25, -0.2) is 9.89 Å². The van der Waals surface area contributed by atoms with Crippen molar-refractivity contribution in [3.8, 4) is 0 Å². The van der Waals surface area contributed by atoms with Crippen molar-refractivity contribution in [3.63, 3.8) is 0 Å². The van der Waals surface area contributed by atoms with Crippen molar-refractivity contribution in [1.29, 1.82) is 0 Å². The molecule has 0 unspecified atom stereocenters. The Morgan fingerprint density at radius 2 is 2.21 bits per heavy atom. The maximum atomic E-state index is 11.7. The molecule has 3 N–H and O–H groups in total. The van der Waals surface area contributed by atoms with Gasteiger partial charge < -0.3 is 10.2 Å². The number of nitrogens with one attached hydrogen (secondary N) is 3. The number of aromatic amines is 2. The number of carbonyl (C=O) groups excluding carboxylic acids is 1. The second kappa shape index (κ2) is 6.51. The fraction of sp³-hybridized carbons (Fsp3) is 0.750. The second-order valence-electron chi connectivity index (χ2n) is 4.91. The SMILES string of the molecule is CCCC(=O)N1CCC(NCc2n[nH]c(=O)[nH]2)CC1. The maximum Gasteiger partial charge on any atom is 0.340 e. The third-order valence-electron chi connectivity index (χ3n) is 3.42.